The van der Waals surface area contributed by atoms with Gasteiger partial charge in [-0.1, -0.05) is 6.92 Å². The number of primary amides is 1. The van der Waals surface area contributed by atoms with Crippen LogP contribution >= 0.6 is 0 Å². The summed E-state index contributed by atoms with van der Waals surface area (Å²) in [7, 11) is 0. The van der Waals surface area contributed by atoms with Gasteiger partial charge in [0.1, 0.15) is 11.6 Å². The molecule has 35 heavy (non-hydrogen) atoms. The van der Waals surface area contributed by atoms with E-state index >= 15 is 0 Å². The van der Waals surface area contributed by atoms with E-state index in [0.29, 0.717) is 43.6 Å². The van der Waals surface area contributed by atoms with E-state index in [1.807, 2.05) is 28.8 Å². The van der Waals surface area contributed by atoms with Gasteiger partial charge in [-0.2, -0.15) is 10.1 Å². The van der Waals surface area contributed by atoms with E-state index < -0.39 is 5.41 Å². The van der Waals surface area contributed by atoms with Crippen LogP contribution in [0, 0.1) is 5.41 Å². The molecule has 0 aliphatic carbocycles. The van der Waals surface area contributed by atoms with Gasteiger partial charge in [0.15, 0.2) is 5.82 Å². The zero-order valence-electron chi connectivity index (χ0n) is 20.5. The molecule has 1 amide bonds. The van der Waals surface area contributed by atoms with Crippen molar-refractivity contribution in [3.05, 3.63) is 24.5 Å². The van der Waals surface area contributed by atoms with Gasteiger partial charge >= 0.3 is 0 Å². The topological polar surface area (TPSA) is 138 Å². The molecule has 3 atom stereocenters. The summed E-state index contributed by atoms with van der Waals surface area (Å²) in [6, 6.07) is 4.00. The van der Waals surface area contributed by atoms with Gasteiger partial charge in [0.05, 0.1) is 22.4 Å². The number of amides is 1. The molecular weight excluding hydrogens is 446 g/mol. The molecule has 2 saturated heterocycles. The molecule has 5 heterocycles. The molecule has 2 fully saturated rings. The summed E-state index contributed by atoms with van der Waals surface area (Å²) in [4.78, 5) is 29.6. The standard InChI is InChI=1S/C24H33N9O2/c1-4-15(2)33-18-11-20(27-12-17(18)21(30-33)31-9-6-16(34)13-31)28-19-5-8-26-23(29-19)32-10-7-24(3,14-32)22(25)35/h5,8,11-12,15-16,34H,4,6-7,9-10,13-14H2,1-3H3,(H2,25,35)(H,26,27,28,29)/t15-,16?,24?/m0/s1. The number of nitrogens with two attached hydrogens (primary N) is 1. The molecule has 11 heteroatoms. The molecule has 0 saturated carbocycles. The molecule has 2 aliphatic heterocycles. The minimum Gasteiger partial charge on any atom is -0.391 e. The fourth-order valence-corrected chi connectivity index (χ4v) is 4.80. The average molecular weight is 480 g/mol. The van der Waals surface area contributed by atoms with Gasteiger partial charge in [-0.3, -0.25) is 9.48 Å². The molecule has 0 radical (unpaired) electrons. The van der Waals surface area contributed by atoms with Crippen molar-refractivity contribution in [1.29, 1.82) is 0 Å². The minimum absolute atomic E-state index is 0.217. The number of anilines is 4. The van der Waals surface area contributed by atoms with Gasteiger partial charge in [-0.05, 0) is 39.2 Å². The van der Waals surface area contributed by atoms with Gasteiger partial charge in [0.2, 0.25) is 11.9 Å². The van der Waals surface area contributed by atoms with Crippen LogP contribution < -0.4 is 20.9 Å². The number of carbonyl (C=O) groups excluding carboxylic acids is 1. The number of β-amino-alcohol motifs (C(OH)–C–C–N with tert-alkyl or cyclic N) is 1. The zero-order chi connectivity index (χ0) is 24.7. The summed E-state index contributed by atoms with van der Waals surface area (Å²) in [5.41, 5.74) is 6.00. The van der Waals surface area contributed by atoms with E-state index in [1.165, 1.54) is 0 Å². The highest BCUT2D eigenvalue weighted by molar-refractivity contribution is 5.92. The van der Waals surface area contributed by atoms with Crippen LogP contribution in [0.5, 0.6) is 0 Å². The fourth-order valence-electron chi connectivity index (χ4n) is 4.80. The summed E-state index contributed by atoms with van der Waals surface area (Å²) < 4.78 is 2.04. The largest absolute Gasteiger partial charge is 0.391 e. The van der Waals surface area contributed by atoms with Gasteiger partial charge in [0.25, 0.3) is 0 Å². The number of aliphatic hydroxyl groups excluding tert-OH is 1. The van der Waals surface area contributed by atoms with Crippen molar-refractivity contribution in [2.75, 3.05) is 41.3 Å². The van der Waals surface area contributed by atoms with E-state index in [9.17, 15) is 9.90 Å². The molecule has 5 rings (SSSR count). The van der Waals surface area contributed by atoms with Gasteiger partial charge in [0, 0.05) is 50.7 Å². The van der Waals surface area contributed by atoms with Crippen molar-refractivity contribution in [2.24, 2.45) is 11.1 Å². The number of aromatic nitrogens is 5. The van der Waals surface area contributed by atoms with E-state index in [1.54, 1.807) is 12.3 Å². The zero-order valence-corrected chi connectivity index (χ0v) is 20.5. The lowest BCUT2D eigenvalue weighted by atomic mass is 9.89. The maximum atomic E-state index is 11.8. The Labute approximate surface area is 204 Å². The summed E-state index contributed by atoms with van der Waals surface area (Å²) in [6.45, 7) is 8.71. The number of hydrogen-bond acceptors (Lipinski definition) is 9. The third-order valence-corrected chi connectivity index (χ3v) is 7.29. The minimum atomic E-state index is -0.573. The number of nitrogens with one attached hydrogen (secondary N) is 1. The van der Waals surface area contributed by atoms with Gasteiger partial charge < -0.3 is 26.0 Å². The molecule has 0 aromatic carbocycles. The summed E-state index contributed by atoms with van der Waals surface area (Å²) >= 11 is 0. The second kappa shape index (κ2) is 8.95. The molecule has 2 unspecified atom stereocenters. The van der Waals surface area contributed by atoms with Crippen LogP contribution in [0.25, 0.3) is 10.9 Å². The van der Waals surface area contributed by atoms with Crippen LogP contribution in [0.4, 0.5) is 23.4 Å². The monoisotopic (exact) mass is 479 g/mol. The van der Waals surface area contributed by atoms with E-state index in [0.717, 1.165) is 36.1 Å². The average Bonchev–Trinajstić information content (AvgIpc) is 3.56. The summed E-state index contributed by atoms with van der Waals surface area (Å²) in [5, 5.41) is 19.2. The Kier molecular flexibility index (Phi) is 5.96. The lowest BCUT2D eigenvalue weighted by molar-refractivity contribution is -0.125. The number of aliphatic hydroxyl groups is 1. The van der Waals surface area contributed by atoms with Crippen molar-refractivity contribution in [3.8, 4) is 0 Å². The second-order valence-electron chi connectivity index (χ2n) is 9.96. The van der Waals surface area contributed by atoms with Gasteiger partial charge in [-0.25, -0.2) is 9.97 Å². The molecule has 3 aromatic rings. The quantitative estimate of drug-likeness (QED) is 0.465. The van der Waals surface area contributed by atoms with Crippen LogP contribution in [0.3, 0.4) is 0 Å². The van der Waals surface area contributed by atoms with Crippen LogP contribution in [0.2, 0.25) is 0 Å². The number of hydrogen-bond donors (Lipinski definition) is 3. The Balaban J connectivity index is 1.42. The first-order chi connectivity index (χ1) is 16.8. The molecule has 186 valence electrons. The van der Waals surface area contributed by atoms with Crippen LogP contribution in [0.1, 0.15) is 46.1 Å². The predicted octanol–water partition coefficient (Wildman–Crippen LogP) is 2.21. The lowest BCUT2D eigenvalue weighted by Crippen LogP contribution is -2.37. The van der Waals surface area contributed by atoms with E-state index in [-0.39, 0.29) is 18.1 Å². The first-order valence-corrected chi connectivity index (χ1v) is 12.2. The Bertz CT molecular complexity index is 1240. The normalized spacial score (nSPS) is 23.3. The van der Waals surface area contributed by atoms with Gasteiger partial charge in [-0.15, -0.1) is 0 Å². The molecule has 4 N–H and O–H groups in total. The number of fused-ring (bicyclic) bond motifs is 1. The van der Waals surface area contributed by atoms with Crippen molar-refractivity contribution in [2.45, 2.75) is 52.2 Å². The second-order valence-corrected chi connectivity index (χ2v) is 9.96. The Morgan fingerprint density at radius 2 is 2.14 bits per heavy atom. The van der Waals surface area contributed by atoms with Crippen LogP contribution in [-0.2, 0) is 4.79 Å². The predicted molar refractivity (Wildman–Crippen MR) is 135 cm³/mol. The maximum Gasteiger partial charge on any atom is 0.227 e. The summed E-state index contributed by atoms with van der Waals surface area (Å²) in [5.74, 6) is 2.40. The summed E-state index contributed by atoms with van der Waals surface area (Å²) in [6.07, 6.45) is 5.58. The molecular formula is C24H33N9O2. The number of rotatable bonds is 7. The Morgan fingerprint density at radius 1 is 1.31 bits per heavy atom. The SMILES string of the molecule is CC[C@H](C)n1nc(N2CCC(O)C2)c2cnc(Nc3ccnc(N4CCC(C)(C(N)=O)C4)n3)cc21. The molecule has 2 aliphatic rings. The Hall–Kier alpha value is -3.47. The fraction of sp³-hybridized carbons (Fsp3) is 0.542. The smallest absolute Gasteiger partial charge is 0.227 e. The number of pyridine rings is 1. The highest BCUT2D eigenvalue weighted by Gasteiger charge is 2.39. The first-order valence-electron chi connectivity index (χ1n) is 12.2. The van der Waals surface area contributed by atoms with Crippen LogP contribution in [-0.4, -0.2) is 68.0 Å². The molecule has 3 aromatic heterocycles. The molecule has 0 spiro atoms. The third kappa shape index (κ3) is 4.36. The Morgan fingerprint density at radius 3 is 2.83 bits per heavy atom. The number of carbonyl (C=O) groups is 1. The first kappa shape index (κ1) is 23.3. The van der Waals surface area contributed by atoms with Crippen molar-refractivity contribution >= 4 is 40.2 Å². The van der Waals surface area contributed by atoms with E-state index in [4.69, 9.17) is 10.8 Å². The molecule has 0 bridgehead atoms. The third-order valence-electron chi connectivity index (χ3n) is 7.29. The van der Waals surface area contributed by atoms with Crippen molar-refractivity contribution < 1.29 is 9.90 Å². The van der Waals surface area contributed by atoms with Crippen molar-refractivity contribution in [3.63, 3.8) is 0 Å². The lowest BCUT2D eigenvalue weighted by Gasteiger charge is -2.21. The number of nitrogens with zero attached hydrogens (tertiary/aromatic N) is 7. The highest BCUT2D eigenvalue weighted by Crippen LogP contribution is 2.34. The van der Waals surface area contributed by atoms with Crippen LogP contribution in [0.15, 0.2) is 24.5 Å². The van der Waals surface area contributed by atoms with Crippen molar-refractivity contribution in [1.82, 2.24) is 24.7 Å². The molecule has 11 nitrogen and oxygen atoms in total. The maximum absolute atomic E-state index is 11.8. The van der Waals surface area contributed by atoms with E-state index in [2.05, 4.69) is 39.0 Å². The highest BCUT2D eigenvalue weighted by atomic mass is 16.3.